The largest absolute Gasteiger partial charge is 0.384 e. The van der Waals surface area contributed by atoms with Gasteiger partial charge in [0.2, 0.25) is 0 Å². The molecule has 0 unspecified atom stereocenters. The van der Waals surface area contributed by atoms with Gasteiger partial charge in [0.15, 0.2) is 0 Å². The van der Waals surface area contributed by atoms with E-state index in [1.165, 1.54) is 11.3 Å². The van der Waals surface area contributed by atoms with Crippen LogP contribution < -0.4 is 11.1 Å². The Balaban J connectivity index is 2.10. The fourth-order valence-electron chi connectivity index (χ4n) is 1.60. The van der Waals surface area contributed by atoms with Crippen molar-refractivity contribution in [3.05, 3.63) is 40.0 Å². The van der Waals surface area contributed by atoms with E-state index in [0.717, 1.165) is 11.4 Å². The fourth-order valence-corrected chi connectivity index (χ4v) is 2.16. The molecule has 3 N–H and O–H groups in total. The Morgan fingerprint density at radius 1 is 1.47 bits per heavy atom. The minimum absolute atomic E-state index is 0.163. The minimum Gasteiger partial charge on any atom is -0.384 e. The number of hydrogen-bond donors (Lipinski definition) is 2. The Labute approximate surface area is 115 Å². The lowest BCUT2D eigenvalue weighted by molar-refractivity contribution is 0.0950. The zero-order valence-corrected chi connectivity index (χ0v) is 11.7. The van der Waals surface area contributed by atoms with Gasteiger partial charge in [-0.15, -0.1) is 11.3 Å². The molecule has 0 atom stereocenters. The van der Waals surface area contributed by atoms with Gasteiger partial charge in [-0.2, -0.15) is 0 Å². The summed E-state index contributed by atoms with van der Waals surface area (Å²) in [6.45, 7) is 4.44. The van der Waals surface area contributed by atoms with Crippen molar-refractivity contribution in [2.45, 2.75) is 26.3 Å². The molecule has 100 valence electrons. The van der Waals surface area contributed by atoms with Crippen molar-refractivity contribution in [1.29, 1.82) is 0 Å². The number of anilines is 1. The maximum atomic E-state index is 12.0. The van der Waals surface area contributed by atoms with E-state index in [4.69, 9.17) is 5.73 Å². The molecule has 0 saturated heterocycles. The summed E-state index contributed by atoms with van der Waals surface area (Å²) in [5, 5.41) is 4.72. The van der Waals surface area contributed by atoms with Gasteiger partial charge < -0.3 is 11.1 Å². The lowest BCUT2D eigenvalue weighted by Gasteiger charge is -2.09. The number of nitrogens with zero attached hydrogens (tertiary/aromatic N) is 2. The van der Waals surface area contributed by atoms with Crippen molar-refractivity contribution in [3.63, 3.8) is 0 Å². The van der Waals surface area contributed by atoms with E-state index in [0.29, 0.717) is 17.9 Å². The smallest absolute Gasteiger partial charge is 0.251 e. The third-order valence-electron chi connectivity index (χ3n) is 2.63. The molecule has 2 heterocycles. The van der Waals surface area contributed by atoms with Crippen molar-refractivity contribution in [2.24, 2.45) is 0 Å². The molecule has 0 aromatic carbocycles. The highest BCUT2D eigenvalue weighted by Gasteiger charge is 2.11. The predicted octanol–water partition coefficient (Wildman–Crippen LogP) is 2.17. The molecule has 2 aromatic heterocycles. The van der Waals surface area contributed by atoms with Crippen LogP contribution in [0.1, 0.15) is 41.5 Å². The first-order valence-electron chi connectivity index (χ1n) is 5.99. The van der Waals surface area contributed by atoms with E-state index in [9.17, 15) is 4.79 Å². The lowest BCUT2D eigenvalue weighted by Crippen LogP contribution is -2.23. The monoisotopic (exact) mass is 276 g/mol. The molecule has 1 amide bonds. The van der Waals surface area contributed by atoms with E-state index >= 15 is 0 Å². The number of hydrogen-bond acceptors (Lipinski definition) is 5. The SMILES string of the molecule is CC(C)c1cc(C(=O)NCc2cscn2)cc(N)n1. The van der Waals surface area contributed by atoms with Crippen molar-refractivity contribution in [3.8, 4) is 0 Å². The third kappa shape index (κ3) is 3.51. The van der Waals surface area contributed by atoms with Crippen molar-refractivity contribution in [2.75, 3.05) is 5.73 Å². The van der Waals surface area contributed by atoms with E-state index in [2.05, 4.69) is 15.3 Å². The molecule has 6 heteroatoms. The predicted molar refractivity (Wildman–Crippen MR) is 76.0 cm³/mol. The first-order valence-corrected chi connectivity index (χ1v) is 6.93. The summed E-state index contributed by atoms with van der Waals surface area (Å²) in [7, 11) is 0. The van der Waals surface area contributed by atoms with E-state index < -0.39 is 0 Å². The zero-order valence-electron chi connectivity index (χ0n) is 10.9. The van der Waals surface area contributed by atoms with Gasteiger partial charge in [-0.05, 0) is 18.1 Å². The molecule has 2 rings (SSSR count). The molecule has 19 heavy (non-hydrogen) atoms. The number of aromatic nitrogens is 2. The topological polar surface area (TPSA) is 80.9 Å². The van der Waals surface area contributed by atoms with Crippen LogP contribution in [0.5, 0.6) is 0 Å². The van der Waals surface area contributed by atoms with Crippen molar-refractivity contribution < 1.29 is 4.79 Å². The summed E-state index contributed by atoms with van der Waals surface area (Å²) >= 11 is 1.50. The number of nitrogens with two attached hydrogens (primary N) is 1. The molecule has 2 aromatic rings. The molecule has 5 nitrogen and oxygen atoms in total. The number of nitrogens with one attached hydrogen (secondary N) is 1. The van der Waals surface area contributed by atoms with Crippen LogP contribution in [-0.4, -0.2) is 15.9 Å². The number of amides is 1. The Morgan fingerprint density at radius 3 is 2.89 bits per heavy atom. The fraction of sp³-hybridized carbons (Fsp3) is 0.308. The van der Waals surface area contributed by atoms with Gasteiger partial charge in [-0.1, -0.05) is 13.8 Å². The van der Waals surface area contributed by atoms with Gasteiger partial charge in [-0.25, -0.2) is 9.97 Å². The molecule has 0 aliphatic rings. The van der Waals surface area contributed by atoms with Crippen LogP contribution in [-0.2, 0) is 6.54 Å². The van der Waals surface area contributed by atoms with E-state index in [1.54, 1.807) is 17.6 Å². The van der Waals surface area contributed by atoms with Gasteiger partial charge in [0.1, 0.15) is 5.82 Å². The molecule has 0 aliphatic heterocycles. The Morgan fingerprint density at radius 2 is 2.26 bits per heavy atom. The highest BCUT2D eigenvalue weighted by molar-refractivity contribution is 7.07. The van der Waals surface area contributed by atoms with Crippen LogP contribution in [0.3, 0.4) is 0 Å². The molecule has 0 spiro atoms. The number of carbonyl (C=O) groups is 1. The third-order valence-corrected chi connectivity index (χ3v) is 3.27. The van der Waals surface area contributed by atoms with Crippen molar-refractivity contribution >= 4 is 23.1 Å². The Kier molecular flexibility index (Phi) is 4.11. The number of nitrogen functional groups attached to an aromatic ring is 1. The maximum absolute atomic E-state index is 12.0. The van der Waals surface area contributed by atoms with Gasteiger partial charge in [0.25, 0.3) is 5.91 Å². The Bertz CT molecular complexity index is 566. The van der Waals surface area contributed by atoms with Crippen LogP contribution >= 0.6 is 11.3 Å². The van der Waals surface area contributed by atoms with Crippen LogP contribution in [0.25, 0.3) is 0 Å². The van der Waals surface area contributed by atoms with Crippen molar-refractivity contribution in [1.82, 2.24) is 15.3 Å². The molecular weight excluding hydrogens is 260 g/mol. The number of pyridine rings is 1. The molecule has 0 bridgehead atoms. The van der Waals surface area contributed by atoms with Crippen LogP contribution in [0, 0.1) is 0 Å². The van der Waals surface area contributed by atoms with Gasteiger partial charge in [-0.3, -0.25) is 4.79 Å². The first kappa shape index (κ1) is 13.5. The molecule has 0 aliphatic carbocycles. The standard InChI is InChI=1S/C13H16N4OS/c1-8(2)11-3-9(4-12(14)17-11)13(18)15-5-10-6-19-7-16-10/h3-4,6-8H,5H2,1-2H3,(H2,14,17)(H,15,18). The van der Waals surface area contributed by atoms with Gasteiger partial charge >= 0.3 is 0 Å². The summed E-state index contributed by atoms with van der Waals surface area (Å²) in [5.74, 6) is 0.433. The zero-order chi connectivity index (χ0) is 13.8. The number of carbonyl (C=O) groups excluding carboxylic acids is 1. The van der Waals surface area contributed by atoms with Crippen LogP contribution in [0.4, 0.5) is 5.82 Å². The molecule has 0 radical (unpaired) electrons. The van der Waals surface area contributed by atoms with Gasteiger partial charge in [0.05, 0.1) is 17.7 Å². The van der Waals surface area contributed by atoms with Crippen LogP contribution in [0.15, 0.2) is 23.0 Å². The average molecular weight is 276 g/mol. The van der Waals surface area contributed by atoms with Gasteiger partial charge in [0, 0.05) is 16.6 Å². The number of rotatable bonds is 4. The Hall–Kier alpha value is -1.95. The van der Waals surface area contributed by atoms with E-state index in [-0.39, 0.29) is 11.8 Å². The summed E-state index contributed by atoms with van der Waals surface area (Å²) < 4.78 is 0. The molecular formula is C13H16N4OS. The number of thiazole rings is 1. The second kappa shape index (κ2) is 5.79. The second-order valence-corrected chi connectivity index (χ2v) is 5.24. The highest BCUT2D eigenvalue weighted by atomic mass is 32.1. The normalized spacial score (nSPS) is 10.7. The summed E-state index contributed by atoms with van der Waals surface area (Å²) in [6, 6.07) is 3.36. The molecule has 0 saturated carbocycles. The average Bonchev–Trinajstić information content (AvgIpc) is 2.88. The highest BCUT2D eigenvalue weighted by Crippen LogP contribution is 2.16. The van der Waals surface area contributed by atoms with E-state index in [1.807, 2.05) is 19.2 Å². The summed E-state index contributed by atoms with van der Waals surface area (Å²) in [6.07, 6.45) is 0. The second-order valence-electron chi connectivity index (χ2n) is 4.52. The molecule has 0 fully saturated rings. The lowest BCUT2D eigenvalue weighted by atomic mass is 10.1. The maximum Gasteiger partial charge on any atom is 0.251 e. The van der Waals surface area contributed by atoms with Crippen LogP contribution in [0.2, 0.25) is 0 Å². The summed E-state index contributed by atoms with van der Waals surface area (Å²) in [5.41, 5.74) is 9.67. The quantitative estimate of drug-likeness (QED) is 0.896. The minimum atomic E-state index is -0.163. The summed E-state index contributed by atoms with van der Waals surface area (Å²) in [4.78, 5) is 20.4. The first-order chi connectivity index (χ1) is 9.06.